The second kappa shape index (κ2) is 9.32. The summed E-state index contributed by atoms with van der Waals surface area (Å²) in [6, 6.07) is 6.11. The summed E-state index contributed by atoms with van der Waals surface area (Å²) in [6.07, 6.45) is 2.14. The molecule has 22 heavy (non-hydrogen) atoms. The lowest BCUT2D eigenvalue weighted by Gasteiger charge is -2.08. The third-order valence-corrected chi connectivity index (χ3v) is 2.93. The van der Waals surface area contributed by atoms with E-state index in [0.717, 1.165) is 6.42 Å². The van der Waals surface area contributed by atoms with E-state index in [1.165, 1.54) is 12.1 Å². The highest BCUT2D eigenvalue weighted by molar-refractivity contribution is 5.81. The molecule has 1 rings (SSSR count). The molecule has 0 radical (unpaired) electrons. The molecule has 120 valence electrons. The highest BCUT2D eigenvalue weighted by Gasteiger charge is 2.12. The molecule has 0 aliphatic rings. The quantitative estimate of drug-likeness (QED) is 0.344. The van der Waals surface area contributed by atoms with E-state index in [-0.39, 0.29) is 24.6 Å². The Labute approximate surface area is 127 Å². The molecule has 0 spiro atoms. The first-order valence-corrected chi connectivity index (χ1v) is 6.96. The lowest BCUT2D eigenvalue weighted by molar-refractivity contribution is -0.383. The number of anilines is 1. The van der Waals surface area contributed by atoms with E-state index in [4.69, 9.17) is 5.11 Å². The number of benzene rings is 1. The molecule has 0 aromatic heterocycles. The van der Waals surface area contributed by atoms with E-state index in [2.05, 4.69) is 10.6 Å². The number of carbonyl (C=O) groups is 2. The Morgan fingerprint density at radius 1 is 1.18 bits per heavy atom. The second-order valence-electron chi connectivity index (χ2n) is 4.68. The van der Waals surface area contributed by atoms with Gasteiger partial charge in [0.1, 0.15) is 5.69 Å². The molecule has 0 atom stereocenters. The number of para-hydroxylation sites is 2. The van der Waals surface area contributed by atoms with Gasteiger partial charge in [-0.1, -0.05) is 18.6 Å². The SMILES string of the molecule is O=C(O)CCCCCNC(=O)CNc1ccccc1[N+](=O)[O-]. The Morgan fingerprint density at radius 3 is 2.59 bits per heavy atom. The molecule has 0 unspecified atom stereocenters. The Balaban J connectivity index is 2.24. The van der Waals surface area contributed by atoms with Crippen LogP contribution in [0.3, 0.4) is 0 Å². The molecular formula is C14H19N3O5. The van der Waals surface area contributed by atoms with Crippen molar-refractivity contribution in [2.45, 2.75) is 25.7 Å². The van der Waals surface area contributed by atoms with Crippen LogP contribution >= 0.6 is 0 Å². The number of nitro benzene ring substituents is 1. The highest BCUT2D eigenvalue weighted by atomic mass is 16.6. The summed E-state index contributed by atoms with van der Waals surface area (Å²) in [7, 11) is 0. The fraction of sp³-hybridized carbons (Fsp3) is 0.429. The van der Waals surface area contributed by atoms with Crippen molar-refractivity contribution in [1.29, 1.82) is 0 Å². The van der Waals surface area contributed by atoms with Crippen LogP contribution in [0.5, 0.6) is 0 Å². The van der Waals surface area contributed by atoms with Crippen LogP contribution in [0.1, 0.15) is 25.7 Å². The first-order valence-electron chi connectivity index (χ1n) is 6.96. The van der Waals surface area contributed by atoms with E-state index < -0.39 is 10.9 Å². The van der Waals surface area contributed by atoms with Crippen LogP contribution in [0.4, 0.5) is 11.4 Å². The van der Waals surface area contributed by atoms with E-state index in [0.29, 0.717) is 25.1 Å². The number of nitro groups is 1. The van der Waals surface area contributed by atoms with Gasteiger partial charge in [-0.3, -0.25) is 19.7 Å². The van der Waals surface area contributed by atoms with Gasteiger partial charge in [0, 0.05) is 19.0 Å². The second-order valence-corrected chi connectivity index (χ2v) is 4.68. The number of hydrogen-bond donors (Lipinski definition) is 3. The molecular weight excluding hydrogens is 290 g/mol. The number of carbonyl (C=O) groups excluding carboxylic acids is 1. The van der Waals surface area contributed by atoms with Gasteiger partial charge in [0.25, 0.3) is 5.69 Å². The number of rotatable bonds is 10. The van der Waals surface area contributed by atoms with Crippen molar-refractivity contribution in [1.82, 2.24) is 5.32 Å². The topological polar surface area (TPSA) is 122 Å². The maximum Gasteiger partial charge on any atom is 0.303 e. The molecule has 0 fully saturated rings. The van der Waals surface area contributed by atoms with Gasteiger partial charge in [0.05, 0.1) is 11.5 Å². The molecule has 0 bridgehead atoms. The Bertz CT molecular complexity index is 533. The van der Waals surface area contributed by atoms with Crippen LogP contribution in [0, 0.1) is 10.1 Å². The number of aliphatic carboxylic acids is 1. The lowest BCUT2D eigenvalue weighted by atomic mass is 10.2. The minimum absolute atomic E-state index is 0.0556. The van der Waals surface area contributed by atoms with Gasteiger partial charge in [-0.15, -0.1) is 0 Å². The van der Waals surface area contributed by atoms with Gasteiger partial charge in [0.2, 0.25) is 5.91 Å². The summed E-state index contributed by atoms with van der Waals surface area (Å²) < 4.78 is 0. The zero-order chi connectivity index (χ0) is 16.4. The standard InChI is InChI=1S/C14H19N3O5/c18-13(15-9-5-1-2-8-14(19)20)10-16-11-6-3-4-7-12(11)17(21)22/h3-4,6-7,16H,1-2,5,8-10H2,(H,15,18)(H,19,20). The van der Waals surface area contributed by atoms with Crippen molar-refractivity contribution < 1.29 is 19.6 Å². The number of nitrogens with zero attached hydrogens (tertiary/aromatic N) is 1. The first-order chi connectivity index (χ1) is 10.5. The smallest absolute Gasteiger partial charge is 0.303 e. The van der Waals surface area contributed by atoms with Crippen LogP contribution in [-0.2, 0) is 9.59 Å². The molecule has 1 aromatic carbocycles. The fourth-order valence-electron chi connectivity index (χ4n) is 1.83. The van der Waals surface area contributed by atoms with Gasteiger partial charge in [-0.2, -0.15) is 0 Å². The molecule has 0 heterocycles. The van der Waals surface area contributed by atoms with Crippen molar-refractivity contribution in [2.75, 3.05) is 18.4 Å². The first kappa shape index (κ1) is 17.4. The number of amides is 1. The summed E-state index contributed by atoms with van der Waals surface area (Å²) >= 11 is 0. The molecule has 0 aliphatic carbocycles. The number of hydrogen-bond acceptors (Lipinski definition) is 5. The molecule has 0 saturated heterocycles. The minimum Gasteiger partial charge on any atom is -0.481 e. The van der Waals surface area contributed by atoms with E-state index >= 15 is 0 Å². The van der Waals surface area contributed by atoms with Gasteiger partial charge in [-0.05, 0) is 18.9 Å². The normalized spacial score (nSPS) is 10.0. The molecule has 8 heteroatoms. The molecule has 0 saturated carbocycles. The van der Waals surface area contributed by atoms with Gasteiger partial charge >= 0.3 is 5.97 Å². The number of carboxylic acids is 1. The van der Waals surface area contributed by atoms with Gasteiger partial charge in [-0.25, -0.2) is 0 Å². The number of nitrogens with one attached hydrogen (secondary N) is 2. The summed E-state index contributed by atoms with van der Waals surface area (Å²) in [6.45, 7) is 0.400. The van der Waals surface area contributed by atoms with Crippen molar-refractivity contribution in [3.8, 4) is 0 Å². The van der Waals surface area contributed by atoms with E-state index in [1.54, 1.807) is 12.1 Å². The average Bonchev–Trinajstić information content (AvgIpc) is 2.48. The highest BCUT2D eigenvalue weighted by Crippen LogP contribution is 2.22. The molecule has 8 nitrogen and oxygen atoms in total. The average molecular weight is 309 g/mol. The lowest BCUT2D eigenvalue weighted by Crippen LogP contribution is -2.30. The zero-order valence-electron chi connectivity index (χ0n) is 12.1. The summed E-state index contributed by atoms with van der Waals surface area (Å²) in [5.41, 5.74) is 0.216. The predicted molar refractivity (Wildman–Crippen MR) is 80.7 cm³/mol. The van der Waals surface area contributed by atoms with Crippen LogP contribution in [0.2, 0.25) is 0 Å². The minimum atomic E-state index is -0.822. The molecule has 3 N–H and O–H groups in total. The molecule has 1 amide bonds. The Kier molecular flexibility index (Phi) is 7.38. The third kappa shape index (κ3) is 6.69. The maximum absolute atomic E-state index is 11.6. The van der Waals surface area contributed by atoms with E-state index in [9.17, 15) is 19.7 Å². The third-order valence-electron chi connectivity index (χ3n) is 2.93. The zero-order valence-corrected chi connectivity index (χ0v) is 12.1. The van der Waals surface area contributed by atoms with Crippen LogP contribution in [0.25, 0.3) is 0 Å². The number of carboxylic acid groups (broad SMARTS) is 1. The largest absolute Gasteiger partial charge is 0.481 e. The van der Waals surface area contributed by atoms with Crippen molar-refractivity contribution in [3.63, 3.8) is 0 Å². The summed E-state index contributed by atoms with van der Waals surface area (Å²) in [5.74, 6) is -1.09. The molecule has 1 aromatic rings. The maximum atomic E-state index is 11.6. The van der Waals surface area contributed by atoms with Crippen LogP contribution in [-0.4, -0.2) is 35.0 Å². The van der Waals surface area contributed by atoms with Crippen molar-refractivity contribution >= 4 is 23.3 Å². The fourth-order valence-corrected chi connectivity index (χ4v) is 1.83. The number of unbranched alkanes of at least 4 members (excludes halogenated alkanes) is 2. The van der Waals surface area contributed by atoms with Crippen LogP contribution in [0.15, 0.2) is 24.3 Å². The van der Waals surface area contributed by atoms with Crippen LogP contribution < -0.4 is 10.6 Å². The summed E-state index contributed by atoms with van der Waals surface area (Å²) in [4.78, 5) is 32.2. The molecule has 0 aliphatic heterocycles. The van der Waals surface area contributed by atoms with Crippen molar-refractivity contribution in [2.24, 2.45) is 0 Å². The monoisotopic (exact) mass is 309 g/mol. The predicted octanol–water partition coefficient (Wildman–Crippen LogP) is 1.77. The summed E-state index contributed by atoms with van der Waals surface area (Å²) in [5, 5.41) is 24.7. The Morgan fingerprint density at radius 2 is 1.91 bits per heavy atom. The van der Waals surface area contributed by atoms with Crippen molar-refractivity contribution in [3.05, 3.63) is 34.4 Å². The van der Waals surface area contributed by atoms with E-state index in [1.807, 2.05) is 0 Å². The van der Waals surface area contributed by atoms with Gasteiger partial charge < -0.3 is 15.7 Å². The van der Waals surface area contributed by atoms with Gasteiger partial charge in [0.15, 0.2) is 0 Å². The Hall–Kier alpha value is -2.64.